The standard InChI is InChI=1S/C11H19IO4/c1-10(2)13-6-8(15-10)9-7(5-12)14-11(3,4)16-9/h7-9H,5-6H2,1-4H3. The molecular formula is C11H19IO4. The molecule has 94 valence electrons. The van der Waals surface area contributed by atoms with E-state index in [-0.39, 0.29) is 18.3 Å². The number of halogens is 1. The molecule has 3 atom stereocenters. The minimum atomic E-state index is -0.517. The average Bonchev–Trinajstić information content (AvgIpc) is 2.65. The van der Waals surface area contributed by atoms with E-state index >= 15 is 0 Å². The second-order valence-electron chi connectivity index (χ2n) is 5.16. The van der Waals surface area contributed by atoms with Crippen LogP contribution in [0.15, 0.2) is 0 Å². The van der Waals surface area contributed by atoms with Gasteiger partial charge in [-0.25, -0.2) is 0 Å². The smallest absolute Gasteiger partial charge is 0.163 e. The molecule has 0 aromatic carbocycles. The molecule has 2 aliphatic rings. The Kier molecular flexibility index (Phi) is 3.54. The highest BCUT2D eigenvalue weighted by molar-refractivity contribution is 14.1. The molecule has 5 heteroatoms. The third-order valence-corrected chi connectivity index (χ3v) is 3.64. The van der Waals surface area contributed by atoms with Crippen LogP contribution in [-0.4, -0.2) is 40.9 Å². The van der Waals surface area contributed by atoms with Crippen molar-refractivity contribution in [3.8, 4) is 0 Å². The van der Waals surface area contributed by atoms with Crippen LogP contribution in [0.2, 0.25) is 0 Å². The highest BCUT2D eigenvalue weighted by atomic mass is 127. The molecule has 3 unspecified atom stereocenters. The lowest BCUT2D eigenvalue weighted by Crippen LogP contribution is -2.38. The van der Waals surface area contributed by atoms with Crippen molar-refractivity contribution in [2.75, 3.05) is 11.0 Å². The van der Waals surface area contributed by atoms with Gasteiger partial charge in [0.15, 0.2) is 11.6 Å². The Bertz CT molecular complexity index is 267. The molecule has 0 bridgehead atoms. The summed E-state index contributed by atoms with van der Waals surface area (Å²) < 4.78 is 24.0. The molecule has 0 N–H and O–H groups in total. The van der Waals surface area contributed by atoms with Gasteiger partial charge in [0, 0.05) is 4.43 Å². The summed E-state index contributed by atoms with van der Waals surface area (Å²) in [7, 11) is 0. The first kappa shape index (κ1) is 13.0. The van der Waals surface area contributed by atoms with Crippen LogP contribution >= 0.6 is 22.6 Å². The monoisotopic (exact) mass is 342 g/mol. The fraction of sp³-hybridized carbons (Fsp3) is 1.00. The maximum absolute atomic E-state index is 5.90. The first-order valence-electron chi connectivity index (χ1n) is 5.56. The summed E-state index contributed by atoms with van der Waals surface area (Å²) in [5.74, 6) is -1.02. The molecule has 2 rings (SSSR count). The Morgan fingerprint density at radius 1 is 1.06 bits per heavy atom. The van der Waals surface area contributed by atoms with Crippen molar-refractivity contribution in [3.63, 3.8) is 0 Å². The van der Waals surface area contributed by atoms with E-state index in [0.29, 0.717) is 6.61 Å². The van der Waals surface area contributed by atoms with Crippen molar-refractivity contribution in [3.05, 3.63) is 0 Å². The molecule has 0 radical (unpaired) electrons. The van der Waals surface area contributed by atoms with Crippen LogP contribution in [-0.2, 0) is 18.9 Å². The van der Waals surface area contributed by atoms with Crippen LogP contribution in [0.4, 0.5) is 0 Å². The Morgan fingerprint density at radius 3 is 2.25 bits per heavy atom. The predicted molar refractivity (Wildman–Crippen MR) is 67.6 cm³/mol. The number of rotatable bonds is 2. The molecule has 0 aromatic rings. The van der Waals surface area contributed by atoms with Crippen LogP contribution in [0.1, 0.15) is 27.7 Å². The fourth-order valence-corrected chi connectivity index (χ4v) is 2.86. The topological polar surface area (TPSA) is 36.9 Å². The van der Waals surface area contributed by atoms with E-state index in [0.717, 1.165) is 4.43 Å². The van der Waals surface area contributed by atoms with Crippen molar-refractivity contribution < 1.29 is 18.9 Å². The lowest BCUT2D eigenvalue weighted by atomic mass is 10.1. The normalized spacial score (nSPS) is 41.4. The molecule has 0 amide bonds. The van der Waals surface area contributed by atoms with Gasteiger partial charge in [0.1, 0.15) is 12.2 Å². The summed E-state index contributed by atoms with van der Waals surface area (Å²) in [6, 6.07) is 0. The Labute approximate surface area is 110 Å². The van der Waals surface area contributed by atoms with E-state index in [1.807, 2.05) is 27.7 Å². The lowest BCUT2D eigenvalue weighted by molar-refractivity contribution is -0.174. The zero-order valence-corrected chi connectivity index (χ0v) is 12.3. The van der Waals surface area contributed by atoms with Crippen LogP contribution in [0.3, 0.4) is 0 Å². The third-order valence-electron chi connectivity index (χ3n) is 2.77. The highest BCUT2D eigenvalue weighted by Crippen LogP contribution is 2.35. The molecule has 2 saturated heterocycles. The summed E-state index contributed by atoms with van der Waals surface area (Å²) in [5, 5.41) is 0. The van der Waals surface area contributed by atoms with Crippen molar-refractivity contribution in [2.24, 2.45) is 0 Å². The van der Waals surface area contributed by atoms with Crippen LogP contribution in [0.5, 0.6) is 0 Å². The number of ether oxygens (including phenoxy) is 4. The fourth-order valence-electron chi connectivity index (χ4n) is 2.17. The van der Waals surface area contributed by atoms with Gasteiger partial charge < -0.3 is 18.9 Å². The van der Waals surface area contributed by atoms with Gasteiger partial charge in [0.25, 0.3) is 0 Å². The first-order valence-corrected chi connectivity index (χ1v) is 7.09. The van der Waals surface area contributed by atoms with Gasteiger partial charge in [-0.2, -0.15) is 0 Å². The van der Waals surface area contributed by atoms with Gasteiger partial charge in [0.2, 0.25) is 0 Å². The van der Waals surface area contributed by atoms with Crippen molar-refractivity contribution in [1.29, 1.82) is 0 Å². The summed E-state index contributed by atoms with van der Waals surface area (Å²) in [6.07, 6.45) is 0.0170. The Hall–Kier alpha value is 0.570. The minimum absolute atomic E-state index is 0.0310. The van der Waals surface area contributed by atoms with E-state index in [1.165, 1.54) is 0 Å². The van der Waals surface area contributed by atoms with Gasteiger partial charge in [-0.15, -0.1) is 0 Å². The highest BCUT2D eigenvalue weighted by Gasteiger charge is 2.49. The van der Waals surface area contributed by atoms with E-state index in [9.17, 15) is 0 Å². The van der Waals surface area contributed by atoms with Crippen molar-refractivity contribution >= 4 is 22.6 Å². The van der Waals surface area contributed by atoms with Crippen LogP contribution in [0, 0.1) is 0 Å². The Morgan fingerprint density at radius 2 is 1.75 bits per heavy atom. The van der Waals surface area contributed by atoms with Gasteiger partial charge in [0.05, 0.1) is 12.7 Å². The Balaban J connectivity index is 2.04. The van der Waals surface area contributed by atoms with Gasteiger partial charge in [-0.1, -0.05) is 22.6 Å². The molecule has 16 heavy (non-hydrogen) atoms. The van der Waals surface area contributed by atoms with E-state index in [4.69, 9.17) is 18.9 Å². The van der Waals surface area contributed by atoms with E-state index in [1.54, 1.807) is 0 Å². The number of alkyl halides is 1. The van der Waals surface area contributed by atoms with E-state index in [2.05, 4.69) is 22.6 Å². The van der Waals surface area contributed by atoms with Crippen molar-refractivity contribution in [1.82, 2.24) is 0 Å². The summed E-state index contributed by atoms with van der Waals surface area (Å²) >= 11 is 2.32. The lowest BCUT2D eigenvalue weighted by Gasteiger charge is -2.23. The second kappa shape index (κ2) is 4.35. The second-order valence-corrected chi connectivity index (χ2v) is 6.04. The molecule has 0 aromatic heterocycles. The maximum Gasteiger partial charge on any atom is 0.163 e. The van der Waals surface area contributed by atoms with Crippen molar-refractivity contribution in [2.45, 2.75) is 57.6 Å². The molecule has 2 fully saturated rings. The SMILES string of the molecule is CC1(C)OCC(C2OC(C)(C)OC2CI)O1. The maximum atomic E-state index is 5.90. The third kappa shape index (κ3) is 2.69. The number of hydrogen-bond acceptors (Lipinski definition) is 4. The summed E-state index contributed by atoms with van der Waals surface area (Å²) in [4.78, 5) is 0. The first-order chi connectivity index (χ1) is 7.33. The molecule has 2 heterocycles. The molecule has 4 nitrogen and oxygen atoms in total. The average molecular weight is 342 g/mol. The zero-order chi connectivity index (χ0) is 12.0. The van der Waals surface area contributed by atoms with Crippen LogP contribution in [0.25, 0.3) is 0 Å². The van der Waals surface area contributed by atoms with Crippen LogP contribution < -0.4 is 0 Å². The predicted octanol–water partition coefficient (Wildman–Crippen LogP) is 2.09. The van der Waals surface area contributed by atoms with Gasteiger partial charge in [-0.05, 0) is 27.7 Å². The van der Waals surface area contributed by atoms with Gasteiger partial charge in [-0.3, -0.25) is 0 Å². The summed E-state index contributed by atoms with van der Waals surface area (Å²) in [6.45, 7) is 8.30. The molecule has 0 spiro atoms. The minimum Gasteiger partial charge on any atom is -0.348 e. The summed E-state index contributed by atoms with van der Waals surface area (Å²) in [5.41, 5.74) is 0. The largest absolute Gasteiger partial charge is 0.348 e. The number of hydrogen-bond donors (Lipinski definition) is 0. The van der Waals surface area contributed by atoms with E-state index < -0.39 is 11.6 Å². The van der Waals surface area contributed by atoms with Gasteiger partial charge >= 0.3 is 0 Å². The molecule has 0 saturated carbocycles. The quantitative estimate of drug-likeness (QED) is 0.569. The molecule has 2 aliphatic heterocycles. The molecular weight excluding hydrogens is 323 g/mol. The molecule has 0 aliphatic carbocycles. The zero-order valence-electron chi connectivity index (χ0n) is 10.2.